The zero-order chi connectivity index (χ0) is 23.0. The lowest BCUT2D eigenvalue weighted by Crippen LogP contribution is -2.52. The van der Waals surface area contributed by atoms with E-state index in [9.17, 15) is 13.6 Å². The SMILES string of the molecule is O=C(N1CCNCC1)N(CCCN(c1ccc(F)cc1)c1ccc(F)cc1)c1ccccc1. The zero-order valence-corrected chi connectivity index (χ0v) is 18.5. The highest BCUT2D eigenvalue weighted by Crippen LogP contribution is 2.26. The Balaban J connectivity index is 1.51. The maximum Gasteiger partial charge on any atom is 0.324 e. The predicted octanol–water partition coefficient (Wildman–Crippen LogP) is 5.02. The molecule has 1 aliphatic heterocycles. The summed E-state index contributed by atoms with van der Waals surface area (Å²) in [6, 6.07) is 22.2. The van der Waals surface area contributed by atoms with Crippen molar-refractivity contribution in [1.29, 1.82) is 0 Å². The smallest absolute Gasteiger partial charge is 0.324 e. The molecule has 4 rings (SSSR count). The first kappa shape index (κ1) is 22.7. The number of amides is 2. The summed E-state index contributed by atoms with van der Waals surface area (Å²) >= 11 is 0. The van der Waals surface area contributed by atoms with Crippen LogP contribution in [-0.2, 0) is 0 Å². The van der Waals surface area contributed by atoms with E-state index < -0.39 is 0 Å². The Kier molecular flexibility index (Phi) is 7.52. The van der Waals surface area contributed by atoms with Gasteiger partial charge in [-0.25, -0.2) is 13.6 Å². The Labute approximate surface area is 193 Å². The van der Waals surface area contributed by atoms with E-state index in [2.05, 4.69) is 5.32 Å². The van der Waals surface area contributed by atoms with Crippen LogP contribution in [-0.4, -0.2) is 50.2 Å². The van der Waals surface area contributed by atoms with Crippen LogP contribution >= 0.6 is 0 Å². The van der Waals surface area contributed by atoms with Crippen LogP contribution in [0.3, 0.4) is 0 Å². The van der Waals surface area contributed by atoms with Crippen molar-refractivity contribution in [2.24, 2.45) is 0 Å². The van der Waals surface area contributed by atoms with Crippen molar-refractivity contribution in [3.63, 3.8) is 0 Å². The molecule has 0 atom stereocenters. The van der Waals surface area contributed by atoms with Crippen LogP contribution in [0.5, 0.6) is 0 Å². The molecule has 2 amide bonds. The van der Waals surface area contributed by atoms with E-state index in [-0.39, 0.29) is 17.7 Å². The zero-order valence-electron chi connectivity index (χ0n) is 18.5. The number of para-hydroxylation sites is 1. The molecule has 1 saturated heterocycles. The van der Waals surface area contributed by atoms with Crippen molar-refractivity contribution in [2.75, 3.05) is 49.1 Å². The number of nitrogens with one attached hydrogen (secondary N) is 1. The highest BCUT2D eigenvalue weighted by Gasteiger charge is 2.23. The van der Waals surface area contributed by atoms with Crippen LogP contribution in [0.25, 0.3) is 0 Å². The molecule has 1 fully saturated rings. The Morgan fingerprint density at radius 3 is 1.85 bits per heavy atom. The van der Waals surface area contributed by atoms with Crippen molar-refractivity contribution in [3.05, 3.63) is 90.5 Å². The number of piperazine rings is 1. The molecule has 1 N–H and O–H groups in total. The molecule has 0 aromatic heterocycles. The predicted molar refractivity (Wildman–Crippen MR) is 128 cm³/mol. The number of nitrogens with zero attached hydrogens (tertiary/aromatic N) is 3. The molecule has 0 saturated carbocycles. The molecular formula is C26H28F2N4O. The van der Waals surface area contributed by atoms with Gasteiger partial charge in [-0.2, -0.15) is 0 Å². The molecule has 7 heteroatoms. The number of carbonyl (C=O) groups excluding carboxylic acids is 1. The Bertz CT molecular complexity index is 977. The van der Waals surface area contributed by atoms with Gasteiger partial charge in [-0.15, -0.1) is 0 Å². The fraction of sp³-hybridized carbons (Fsp3) is 0.269. The molecule has 0 spiro atoms. The van der Waals surface area contributed by atoms with Crippen molar-refractivity contribution < 1.29 is 13.6 Å². The van der Waals surface area contributed by atoms with Gasteiger partial charge in [0, 0.05) is 56.3 Å². The third kappa shape index (κ3) is 5.87. The highest BCUT2D eigenvalue weighted by molar-refractivity contribution is 5.92. The monoisotopic (exact) mass is 450 g/mol. The minimum absolute atomic E-state index is 0.00202. The molecule has 0 aliphatic carbocycles. The summed E-state index contributed by atoms with van der Waals surface area (Å²) in [5.74, 6) is -0.621. The van der Waals surface area contributed by atoms with Gasteiger partial charge in [0.25, 0.3) is 0 Å². The van der Waals surface area contributed by atoms with Crippen molar-refractivity contribution in [2.45, 2.75) is 6.42 Å². The van der Waals surface area contributed by atoms with Gasteiger partial charge in [-0.05, 0) is 67.1 Å². The lowest BCUT2D eigenvalue weighted by Gasteiger charge is -2.34. The quantitative estimate of drug-likeness (QED) is 0.549. The topological polar surface area (TPSA) is 38.8 Å². The molecule has 0 bridgehead atoms. The molecule has 0 radical (unpaired) electrons. The molecule has 3 aromatic rings. The van der Waals surface area contributed by atoms with Gasteiger partial charge in [0.1, 0.15) is 11.6 Å². The third-order valence-electron chi connectivity index (χ3n) is 5.73. The van der Waals surface area contributed by atoms with Crippen LogP contribution in [0.15, 0.2) is 78.9 Å². The highest BCUT2D eigenvalue weighted by atomic mass is 19.1. The molecule has 1 aliphatic rings. The summed E-state index contributed by atoms with van der Waals surface area (Å²) in [6.45, 7) is 4.04. The van der Waals surface area contributed by atoms with Crippen molar-refractivity contribution in [1.82, 2.24) is 10.2 Å². The summed E-state index contributed by atoms with van der Waals surface area (Å²) in [5.41, 5.74) is 2.47. The van der Waals surface area contributed by atoms with Gasteiger partial charge in [0.2, 0.25) is 0 Å². The largest absolute Gasteiger partial charge is 0.341 e. The second-order valence-corrected chi connectivity index (χ2v) is 7.96. The first-order valence-corrected chi connectivity index (χ1v) is 11.2. The van der Waals surface area contributed by atoms with Crippen molar-refractivity contribution in [3.8, 4) is 0 Å². The summed E-state index contributed by atoms with van der Waals surface area (Å²) in [7, 11) is 0. The number of carbonyl (C=O) groups is 1. The van der Waals surface area contributed by atoms with Crippen LogP contribution in [0.4, 0.5) is 30.6 Å². The lowest BCUT2D eigenvalue weighted by atomic mass is 10.2. The van der Waals surface area contributed by atoms with Crippen LogP contribution < -0.4 is 15.1 Å². The van der Waals surface area contributed by atoms with Gasteiger partial charge >= 0.3 is 6.03 Å². The first-order valence-electron chi connectivity index (χ1n) is 11.2. The fourth-order valence-corrected chi connectivity index (χ4v) is 4.01. The summed E-state index contributed by atoms with van der Waals surface area (Å²) < 4.78 is 27.0. The molecular weight excluding hydrogens is 422 g/mol. The van der Waals surface area contributed by atoms with E-state index in [1.165, 1.54) is 24.3 Å². The van der Waals surface area contributed by atoms with E-state index in [4.69, 9.17) is 0 Å². The Morgan fingerprint density at radius 1 is 0.758 bits per heavy atom. The molecule has 0 unspecified atom stereocenters. The minimum atomic E-state index is -0.310. The minimum Gasteiger partial charge on any atom is -0.341 e. The van der Waals surface area contributed by atoms with E-state index in [0.717, 1.165) is 30.2 Å². The van der Waals surface area contributed by atoms with E-state index in [0.29, 0.717) is 32.6 Å². The van der Waals surface area contributed by atoms with E-state index in [1.54, 1.807) is 24.3 Å². The molecule has 1 heterocycles. The van der Waals surface area contributed by atoms with E-state index in [1.807, 2.05) is 45.0 Å². The first-order chi connectivity index (χ1) is 16.1. The number of rotatable bonds is 7. The Hall–Kier alpha value is -3.45. The molecule has 172 valence electrons. The fourth-order valence-electron chi connectivity index (χ4n) is 4.01. The second-order valence-electron chi connectivity index (χ2n) is 7.96. The average Bonchev–Trinajstić information content (AvgIpc) is 2.86. The summed E-state index contributed by atoms with van der Waals surface area (Å²) in [5, 5.41) is 3.28. The van der Waals surface area contributed by atoms with Gasteiger partial charge in [0.15, 0.2) is 0 Å². The van der Waals surface area contributed by atoms with Gasteiger partial charge < -0.3 is 15.1 Å². The summed E-state index contributed by atoms with van der Waals surface area (Å²) in [6.07, 6.45) is 0.668. The van der Waals surface area contributed by atoms with Crippen LogP contribution in [0, 0.1) is 11.6 Å². The normalized spacial score (nSPS) is 13.6. The van der Waals surface area contributed by atoms with Crippen LogP contribution in [0.2, 0.25) is 0 Å². The molecule has 33 heavy (non-hydrogen) atoms. The lowest BCUT2D eigenvalue weighted by molar-refractivity contribution is 0.196. The third-order valence-corrected chi connectivity index (χ3v) is 5.73. The maximum atomic E-state index is 13.5. The van der Waals surface area contributed by atoms with Crippen LogP contribution in [0.1, 0.15) is 6.42 Å². The van der Waals surface area contributed by atoms with Gasteiger partial charge in [0.05, 0.1) is 0 Å². The number of hydrogen-bond acceptors (Lipinski definition) is 3. The van der Waals surface area contributed by atoms with Gasteiger partial charge in [-0.1, -0.05) is 18.2 Å². The standard InChI is InChI=1S/C26H28F2N4O/c27-21-7-11-24(12-8-21)31(25-13-9-22(28)10-14-25)17-4-18-32(23-5-2-1-3-6-23)26(33)30-19-15-29-16-20-30/h1-3,5-14,29H,4,15-20H2. The average molecular weight is 451 g/mol. The second kappa shape index (κ2) is 10.9. The number of benzene rings is 3. The Morgan fingerprint density at radius 2 is 1.30 bits per heavy atom. The van der Waals surface area contributed by atoms with Crippen molar-refractivity contribution >= 4 is 23.1 Å². The van der Waals surface area contributed by atoms with E-state index >= 15 is 0 Å². The maximum absolute atomic E-state index is 13.5. The summed E-state index contributed by atoms with van der Waals surface area (Å²) in [4.78, 5) is 19.0. The number of halogens is 2. The molecule has 3 aromatic carbocycles. The number of hydrogen-bond donors (Lipinski definition) is 1. The number of urea groups is 1. The number of anilines is 3. The molecule has 5 nitrogen and oxygen atoms in total. The van der Waals surface area contributed by atoms with Gasteiger partial charge in [-0.3, -0.25) is 4.90 Å².